The Kier molecular flexibility index (Phi) is 6.66. The number of benzene rings is 1. The summed E-state index contributed by atoms with van der Waals surface area (Å²) in [7, 11) is 0. The van der Waals surface area contributed by atoms with Crippen molar-refractivity contribution in [1.29, 1.82) is 0 Å². The number of β-amino-alcohol motifs (C(OH)–C–C–N with tert-alkyl or cyclic N) is 1. The van der Waals surface area contributed by atoms with E-state index in [1.807, 2.05) is 24.3 Å². The topological polar surface area (TPSA) is 95.0 Å². The van der Waals surface area contributed by atoms with Crippen LogP contribution in [0.25, 0.3) is 0 Å². The first-order chi connectivity index (χ1) is 15.1. The summed E-state index contributed by atoms with van der Waals surface area (Å²) in [5.41, 5.74) is 1.15. The fourth-order valence-corrected chi connectivity index (χ4v) is 3.79. The molecule has 0 unspecified atom stereocenters. The Labute approximate surface area is 181 Å². The van der Waals surface area contributed by atoms with Crippen molar-refractivity contribution in [2.75, 3.05) is 38.1 Å². The number of aliphatic hydroxyl groups is 1. The Hall–Kier alpha value is -3.13. The van der Waals surface area contributed by atoms with Crippen LogP contribution in [0.4, 0.5) is 11.5 Å². The number of carbonyl (C=O) groups excluding carboxylic acids is 2. The molecule has 0 radical (unpaired) electrons. The fraction of sp³-hybridized carbons (Fsp3) is 0.435. The molecule has 3 heterocycles. The van der Waals surface area contributed by atoms with E-state index in [4.69, 9.17) is 4.74 Å². The molecule has 1 aromatic carbocycles. The van der Waals surface area contributed by atoms with Crippen LogP contribution in [0.15, 0.2) is 42.6 Å². The van der Waals surface area contributed by atoms with Gasteiger partial charge >= 0.3 is 0 Å². The van der Waals surface area contributed by atoms with E-state index in [2.05, 4.69) is 10.3 Å². The van der Waals surface area contributed by atoms with Crippen molar-refractivity contribution < 1.29 is 19.4 Å². The monoisotopic (exact) mass is 424 g/mol. The van der Waals surface area contributed by atoms with Gasteiger partial charge in [-0.15, -0.1) is 0 Å². The number of para-hydroxylation sites is 2. The van der Waals surface area contributed by atoms with Crippen molar-refractivity contribution in [2.45, 2.75) is 31.8 Å². The van der Waals surface area contributed by atoms with Crippen molar-refractivity contribution >= 4 is 23.3 Å². The zero-order valence-corrected chi connectivity index (χ0v) is 17.5. The van der Waals surface area contributed by atoms with E-state index in [1.165, 1.54) is 0 Å². The minimum Gasteiger partial charge on any atom is -0.491 e. The molecule has 0 aliphatic carbocycles. The highest BCUT2D eigenvalue weighted by molar-refractivity contribution is 6.01. The first-order valence-corrected chi connectivity index (χ1v) is 10.8. The molecule has 2 aliphatic heterocycles. The van der Waals surface area contributed by atoms with Crippen molar-refractivity contribution in [1.82, 2.24) is 14.8 Å². The number of amides is 2. The van der Waals surface area contributed by atoms with Gasteiger partial charge in [0.2, 0.25) is 5.91 Å². The van der Waals surface area contributed by atoms with E-state index in [9.17, 15) is 14.7 Å². The number of aliphatic hydroxyl groups excluding tert-OH is 1. The number of ether oxygens (including phenoxy) is 1. The van der Waals surface area contributed by atoms with Crippen LogP contribution in [-0.2, 0) is 4.79 Å². The Morgan fingerprint density at radius 2 is 1.94 bits per heavy atom. The maximum absolute atomic E-state index is 13.4. The van der Waals surface area contributed by atoms with Gasteiger partial charge in [-0.3, -0.25) is 9.59 Å². The van der Waals surface area contributed by atoms with Gasteiger partial charge in [0.05, 0.1) is 24.0 Å². The second-order valence-electron chi connectivity index (χ2n) is 7.96. The molecule has 2 aromatic rings. The molecular formula is C23H28N4O4. The van der Waals surface area contributed by atoms with Gasteiger partial charge in [0.1, 0.15) is 18.1 Å². The molecule has 2 amide bonds. The molecule has 0 atom stereocenters. The number of fused-ring (bicyclic) bond motifs is 2. The lowest BCUT2D eigenvalue weighted by Crippen LogP contribution is -2.56. The predicted octanol–water partition coefficient (Wildman–Crippen LogP) is 2.42. The smallest absolute Gasteiger partial charge is 0.258 e. The van der Waals surface area contributed by atoms with Crippen molar-refractivity contribution in [3.63, 3.8) is 0 Å². The van der Waals surface area contributed by atoms with E-state index in [-0.39, 0.29) is 18.4 Å². The third-order valence-corrected chi connectivity index (χ3v) is 5.59. The lowest BCUT2D eigenvalue weighted by molar-refractivity contribution is -0.141. The summed E-state index contributed by atoms with van der Waals surface area (Å²) < 4.78 is 5.95. The number of nitrogens with zero attached hydrogens (tertiary/aromatic N) is 3. The van der Waals surface area contributed by atoms with Crippen LogP contribution >= 0.6 is 0 Å². The van der Waals surface area contributed by atoms with Crippen molar-refractivity contribution in [3.05, 3.63) is 48.2 Å². The maximum Gasteiger partial charge on any atom is 0.258 e. The van der Waals surface area contributed by atoms with E-state index < -0.39 is 6.10 Å². The van der Waals surface area contributed by atoms with Crippen molar-refractivity contribution in [3.8, 4) is 5.75 Å². The van der Waals surface area contributed by atoms with E-state index >= 15 is 0 Å². The Balaban J connectivity index is 1.60. The highest BCUT2D eigenvalue weighted by Crippen LogP contribution is 2.29. The summed E-state index contributed by atoms with van der Waals surface area (Å²) in [4.78, 5) is 33.6. The first kappa shape index (κ1) is 21.1. The second kappa shape index (κ2) is 9.78. The number of aromatic nitrogens is 1. The molecule has 2 aliphatic rings. The summed E-state index contributed by atoms with van der Waals surface area (Å²) in [6, 6.07) is 11.0. The zero-order chi connectivity index (χ0) is 21.6. The first-order valence-electron chi connectivity index (χ1n) is 10.8. The Morgan fingerprint density at radius 1 is 1.13 bits per heavy atom. The van der Waals surface area contributed by atoms with Gasteiger partial charge in [0.15, 0.2) is 0 Å². The molecular weight excluding hydrogens is 396 g/mol. The number of pyridine rings is 1. The summed E-state index contributed by atoms with van der Waals surface area (Å²) in [6.45, 7) is 1.77. The molecule has 164 valence electrons. The SMILES string of the molecule is O=C(CN1CCCCCCOc2ccccc2Nc2ncccc2C1=O)N1CC(O)C1. The minimum atomic E-state index is -0.463. The van der Waals surface area contributed by atoms with Gasteiger partial charge in [0, 0.05) is 25.8 Å². The molecule has 4 rings (SSSR count). The highest BCUT2D eigenvalue weighted by atomic mass is 16.5. The summed E-state index contributed by atoms with van der Waals surface area (Å²) >= 11 is 0. The molecule has 8 heteroatoms. The Morgan fingerprint density at radius 3 is 2.77 bits per heavy atom. The summed E-state index contributed by atoms with van der Waals surface area (Å²) in [5.74, 6) is 0.766. The normalized spacial score (nSPS) is 18.0. The number of rotatable bonds is 2. The average molecular weight is 425 g/mol. The predicted molar refractivity (Wildman–Crippen MR) is 116 cm³/mol. The zero-order valence-electron chi connectivity index (χ0n) is 17.5. The summed E-state index contributed by atoms with van der Waals surface area (Å²) in [6.07, 6.45) is 4.83. The molecule has 0 saturated carbocycles. The third-order valence-electron chi connectivity index (χ3n) is 5.59. The number of likely N-dealkylation sites (tertiary alicyclic amines) is 1. The van der Waals surface area contributed by atoms with Gasteiger partial charge in [-0.1, -0.05) is 25.0 Å². The van der Waals surface area contributed by atoms with Gasteiger partial charge in [-0.2, -0.15) is 0 Å². The van der Waals surface area contributed by atoms with Crippen LogP contribution < -0.4 is 10.1 Å². The Bertz CT molecular complexity index is 929. The number of anilines is 2. The minimum absolute atomic E-state index is 0.000411. The van der Waals surface area contributed by atoms with Gasteiger partial charge in [-0.25, -0.2) is 4.98 Å². The van der Waals surface area contributed by atoms with Crippen LogP contribution in [0, 0.1) is 0 Å². The van der Waals surface area contributed by atoms with Crippen molar-refractivity contribution in [2.24, 2.45) is 0 Å². The summed E-state index contributed by atoms with van der Waals surface area (Å²) in [5, 5.41) is 12.7. The molecule has 8 nitrogen and oxygen atoms in total. The van der Waals surface area contributed by atoms with Gasteiger partial charge in [0.25, 0.3) is 5.91 Å². The van der Waals surface area contributed by atoms with E-state index in [1.54, 1.807) is 28.1 Å². The molecule has 0 spiro atoms. The number of nitrogens with one attached hydrogen (secondary N) is 1. The van der Waals surface area contributed by atoms with E-state index in [0.717, 1.165) is 31.4 Å². The molecule has 1 fully saturated rings. The number of carbonyl (C=O) groups is 2. The number of hydrogen-bond acceptors (Lipinski definition) is 6. The van der Waals surface area contributed by atoms with Crippen LogP contribution in [0.5, 0.6) is 5.75 Å². The molecule has 31 heavy (non-hydrogen) atoms. The van der Waals surface area contributed by atoms with Crippen LogP contribution in [0.1, 0.15) is 36.0 Å². The molecule has 2 N–H and O–H groups in total. The third kappa shape index (κ3) is 5.14. The molecule has 1 saturated heterocycles. The second-order valence-corrected chi connectivity index (χ2v) is 7.96. The van der Waals surface area contributed by atoms with Crippen LogP contribution in [0.2, 0.25) is 0 Å². The average Bonchev–Trinajstić information content (AvgIpc) is 2.76. The fourth-order valence-electron chi connectivity index (χ4n) is 3.79. The standard InChI is InChI=1S/C23H28N4O4/c28-17-14-27(15-17)21(29)16-26-12-5-1-2-6-13-31-20-10-4-3-9-19(20)25-22-18(23(26)30)8-7-11-24-22/h3-4,7-11,17,28H,1-2,5-6,12-16H2,(H,24,25). The van der Waals surface area contributed by atoms with Crippen LogP contribution in [0.3, 0.4) is 0 Å². The lowest BCUT2D eigenvalue weighted by Gasteiger charge is -2.37. The lowest BCUT2D eigenvalue weighted by atomic mass is 10.1. The maximum atomic E-state index is 13.4. The van der Waals surface area contributed by atoms with Gasteiger partial charge in [-0.05, 0) is 37.1 Å². The molecule has 0 bridgehead atoms. The quantitative estimate of drug-likeness (QED) is 0.769. The van der Waals surface area contributed by atoms with Gasteiger partial charge < -0.3 is 25.0 Å². The largest absolute Gasteiger partial charge is 0.491 e. The molecule has 1 aromatic heterocycles. The highest BCUT2D eigenvalue weighted by Gasteiger charge is 2.31. The number of hydrogen-bond donors (Lipinski definition) is 2. The van der Waals surface area contributed by atoms with Crippen LogP contribution in [-0.4, -0.2) is 70.6 Å². The van der Waals surface area contributed by atoms with E-state index in [0.29, 0.717) is 43.4 Å².